The molecular formula is C21H31N7O3S2. The molecule has 2 aliphatic rings. The molecule has 0 aliphatic carbocycles. The van der Waals surface area contributed by atoms with Gasteiger partial charge in [-0.15, -0.1) is 11.3 Å². The molecule has 12 heteroatoms. The van der Waals surface area contributed by atoms with Gasteiger partial charge in [-0.25, -0.2) is 18.4 Å². The van der Waals surface area contributed by atoms with E-state index in [4.69, 9.17) is 0 Å². The zero-order chi connectivity index (χ0) is 23.6. The Hall–Kier alpha value is -2.28. The lowest BCUT2D eigenvalue weighted by molar-refractivity contribution is -0.119. The van der Waals surface area contributed by atoms with E-state index in [1.807, 2.05) is 13.0 Å². The van der Waals surface area contributed by atoms with Crippen LogP contribution in [0.15, 0.2) is 22.4 Å². The predicted octanol–water partition coefficient (Wildman–Crippen LogP) is 0.745. The van der Waals surface area contributed by atoms with E-state index in [-0.39, 0.29) is 5.91 Å². The molecule has 0 radical (unpaired) electrons. The minimum absolute atomic E-state index is 0.139. The summed E-state index contributed by atoms with van der Waals surface area (Å²) in [7, 11) is -1.43. The number of amides is 1. The fourth-order valence-corrected chi connectivity index (χ4v) is 6.86. The Morgan fingerprint density at radius 2 is 1.58 bits per heavy atom. The van der Waals surface area contributed by atoms with Crippen LogP contribution >= 0.6 is 11.3 Å². The Morgan fingerprint density at radius 3 is 2.15 bits per heavy atom. The van der Waals surface area contributed by atoms with Gasteiger partial charge in [0.25, 0.3) is 10.0 Å². The van der Waals surface area contributed by atoms with Crippen molar-refractivity contribution >= 4 is 38.9 Å². The normalized spacial score (nSPS) is 18.5. The number of nitrogens with zero attached hydrogens (tertiary/aromatic N) is 6. The van der Waals surface area contributed by atoms with Crippen molar-refractivity contribution in [3.8, 4) is 0 Å². The highest BCUT2D eigenvalue weighted by atomic mass is 32.2. The summed E-state index contributed by atoms with van der Waals surface area (Å²) in [5.74, 6) is 2.37. The maximum atomic E-state index is 13.1. The van der Waals surface area contributed by atoms with Crippen molar-refractivity contribution in [1.82, 2.24) is 24.5 Å². The van der Waals surface area contributed by atoms with E-state index in [9.17, 15) is 13.2 Å². The van der Waals surface area contributed by atoms with Crippen molar-refractivity contribution in [2.75, 3.05) is 69.2 Å². The van der Waals surface area contributed by atoms with Crippen LogP contribution in [0.5, 0.6) is 0 Å². The van der Waals surface area contributed by atoms with Crippen molar-refractivity contribution in [3.05, 3.63) is 28.9 Å². The van der Waals surface area contributed by atoms with Gasteiger partial charge in [0.15, 0.2) is 0 Å². The molecule has 4 heterocycles. The van der Waals surface area contributed by atoms with Gasteiger partial charge < -0.3 is 20.0 Å². The van der Waals surface area contributed by atoms with Gasteiger partial charge in [-0.2, -0.15) is 4.31 Å². The van der Waals surface area contributed by atoms with Crippen molar-refractivity contribution < 1.29 is 13.2 Å². The molecule has 2 aliphatic heterocycles. The molecular weight excluding hydrogens is 462 g/mol. The number of carbonyl (C=O) groups excluding carboxylic acids is 1. The van der Waals surface area contributed by atoms with Crippen molar-refractivity contribution in [2.24, 2.45) is 0 Å². The lowest BCUT2D eigenvalue weighted by atomic mass is 10.3. The van der Waals surface area contributed by atoms with Crippen LogP contribution in [-0.2, 0) is 21.4 Å². The summed E-state index contributed by atoms with van der Waals surface area (Å²) in [6, 6.07) is 5.41. The Morgan fingerprint density at radius 1 is 1.00 bits per heavy atom. The SMILES string of the molecule is CC(=O)NCc1ccc(S(=O)(=O)N2CCN(c3cc(N4CCN(C)CC4)nc(C)n3)CC2)s1. The Balaban J connectivity index is 1.41. The van der Waals surface area contributed by atoms with Gasteiger partial charge in [0.1, 0.15) is 21.7 Å². The molecule has 4 rings (SSSR count). The smallest absolute Gasteiger partial charge is 0.252 e. The van der Waals surface area contributed by atoms with E-state index in [0.717, 1.165) is 48.5 Å². The number of likely N-dealkylation sites (N-methyl/N-ethyl adjacent to an activating group) is 1. The number of rotatable bonds is 6. The van der Waals surface area contributed by atoms with E-state index in [2.05, 4.69) is 37.0 Å². The second kappa shape index (κ2) is 9.92. The number of anilines is 2. The number of aryl methyl sites for hydroxylation is 1. The number of sulfonamides is 1. The Bertz CT molecular complexity index is 1090. The van der Waals surface area contributed by atoms with Gasteiger partial charge in [0.05, 0.1) is 6.54 Å². The third-order valence-electron chi connectivity index (χ3n) is 5.94. The molecule has 1 N–H and O–H groups in total. The number of hydrogen-bond acceptors (Lipinski definition) is 9. The van der Waals surface area contributed by atoms with E-state index in [1.165, 1.54) is 22.6 Å². The molecule has 0 aromatic carbocycles. The molecule has 2 aromatic rings. The predicted molar refractivity (Wildman–Crippen MR) is 129 cm³/mol. The van der Waals surface area contributed by atoms with Gasteiger partial charge in [0.2, 0.25) is 5.91 Å². The largest absolute Gasteiger partial charge is 0.354 e. The molecule has 0 saturated carbocycles. The maximum absolute atomic E-state index is 13.1. The Labute approximate surface area is 199 Å². The number of nitrogens with one attached hydrogen (secondary N) is 1. The lowest BCUT2D eigenvalue weighted by Gasteiger charge is -2.36. The molecule has 2 aromatic heterocycles. The van der Waals surface area contributed by atoms with Crippen molar-refractivity contribution in [2.45, 2.75) is 24.6 Å². The van der Waals surface area contributed by atoms with Crippen LogP contribution in [0.25, 0.3) is 0 Å². The quantitative estimate of drug-likeness (QED) is 0.629. The van der Waals surface area contributed by atoms with E-state index < -0.39 is 10.0 Å². The summed E-state index contributed by atoms with van der Waals surface area (Å²) in [5.41, 5.74) is 0. The highest BCUT2D eigenvalue weighted by Gasteiger charge is 2.30. The number of carbonyl (C=O) groups is 1. The number of piperazine rings is 2. The zero-order valence-corrected chi connectivity index (χ0v) is 21.0. The topological polar surface area (TPSA) is 102 Å². The minimum atomic E-state index is -3.56. The molecule has 180 valence electrons. The molecule has 33 heavy (non-hydrogen) atoms. The van der Waals surface area contributed by atoms with Gasteiger partial charge in [-0.1, -0.05) is 0 Å². The summed E-state index contributed by atoms with van der Waals surface area (Å²) in [6.07, 6.45) is 0. The van der Waals surface area contributed by atoms with E-state index in [0.29, 0.717) is 36.9 Å². The molecule has 0 unspecified atom stereocenters. The van der Waals surface area contributed by atoms with Crippen molar-refractivity contribution in [3.63, 3.8) is 0 Å². The first-order valence-electron chi connectivity index (χ1n) is 11.1. The summed E-state index contributed by atoms with van der Waals surface area (Å²) in [6.45, 7) is 9.50. The maximum Gasteiger partial charge on any atom is 0.252 e. The summed E-state index contributed by atoms with van der Waals surface area (Å²) in [5, 5.41) is 2.70. The molecule has 0 spiro atoms. The first kappa shape index (κ1) is 23.9. The summed E-state index contributed by atoms with van der Waals surface area (Å²) >= 11 is 1.20. The molecule has 0 atom stereocenters. The second-order valence-corrected chi connectivity index (χ2v) is 11.8. The summed E-state index contributed by atoms with van der Waals surface area (Å²) < 4.78 is 28.1. The third kappa shape index (κ3) is 5.62. The van der Waals surface area contributed by atoms with Crippen LogP contribution in [0, 0.1) is 6.92 Å². The zero-order valence-electron chi connectivity index (χ0n) is 19.3. The first-order valence-corrected chi connectivity index (χ1v) is 13.4. The molecule has 10 nitrogen and oxygen atoms in total. The molecule has 2 saturated heterocycles. The van der Waals surface area contributed by atoms with Crippen LogP contribution in [0.1, 0.15) is 17.6 Å². The van der Waals surface area contributed by atoms with Crippen LogP contribution in [0.4, 0.5) is 11.6 Å². The van der Waals surface area contributed by atoms with Crippen molar-refractivity contribution in [1.29, 1.82) is 0 Å². The average Bonchev–Trinajstić information content (AvgIpc) is 3.28. The van der Waals surface area contributed by atoms with Gasteiger partial charge in [-0.05, 0) is 26.1 Å². The number of thiophene rings is 1. The van der Waals surface area contributed by atoms with Gasteiger partial charge >= 0.3 is 0 Å². The fraction of sp³-hybridized carbons (Fsp3) is 0.571. The highest BCUT2D eigenvalue weighted by Crippen LogP contribution is 2.27. The van der Waals surface area contributed by atoms with Crippen LogP contribution < -0.4 is 15.1 Å². The highest BCUT2D eigenvalue weighted by molar-refractivity contribution is 7.91. The standard InChI is InChI=1S/C21H31N7O3S2/c1-16-23-19(26-8-6-25(3)7-9-26)14-20(24-16)27-10-12-28(13-11-27)33(30,31)21-5-4-18(32-21)15-22-17(2)29/h4-5,14H,6-13,15H2,1-3H3,(H,22,29). The van der Waals surface area contributed by atoms with Crippen LogP contribution in [-0.4, -0.2) is 92.9 Å². The average molecular weight is 494 g/mol. The summed E-state index contributed by atoms with van der Waals surface area (Å²) in [4.78, 5) is 27.9. The lowest BCUT2D eigenvalue weighted by Crippen LogP contribution is -2.49. The van der Waals surface area contributed by atoms with Crippen LogP contribution in [0.3, 0.4) is 0 Å². The monoisotopic (exact) mass is 493 g/mol. The first-order chi connectivity index (χ1) is 15.7. The number of aromatic nitrogens is 2. The van der Waals surface area contributed by atoms with E-state index in [1.54, 1.807) is 12.1 Å². The number of hydrogen-bond donors (Lipinski definition) is 1. The Kier molecular flexibility index (Phi) is 7.17. The van der Waals surface area contributed by atoms with Gasteiger partial charge in [-0.3, -0.25) is 4.79 Å². The fourth-order valence-electron chi connectivity index (χ4n) is 3.98. The van der Waals surface area contributed by atoms with E-state index >= 15 is 0 Å². The molecule has 0 bridgehead atoms. The van der Waals surface area contributed by atoms with Gasteiger partial charge in [0, 0.05) is 70.2 Å². The molecule has 2 fully saturated rings. The van der Waals surface area contributed by atoms with Crippen LogP contribution in [0.2, 0.25) is 0 Å². The third-order valence-corrected chi connectivity index (χ3v) is 9.39. The molecule has 1 amide bonds. The second-order valence-electron chi connectivity index (χ2n) is 8.44. The minimum Gasteiger partial charge on any atom is -0.354 e.